The Hall–Kier alpha value is -0.770. The van der Waals surface area contributed by atoms with Gasteiger partial charge in [-0.2, -0.15) is 0 Å². The largest absolute Gasteiger partial charge is 0.447 e. The third-order valence-electron chi connectivity index (χ3n) is 3.80. The van der Waals surface area contributed by atoms with Crippen molar-refractivity contribution in [2.75, 3.05) is 19.6 Å². The van der Waals surface area contributed by atoms with Crippen LogP contribution >= 0.6 is 0 Å². The van der Waals surface area contributed by atoms with Crippen molar-refractivity contribution in [3.05, 3.63) is 0 Å². The van der Waals surface area contributed by atoms with E-state index >= 15 is 0 Å². The summed E-state index contributed by atoms with van der Waals surface area (Å²) >= 11 is 0. The van der Waals surface area contributed by atoms with Crippen LogP contribution in [-0.4, -0.2) is 42.8 Å². The molecule has 0 aromatic carbocycles. The quantitative estimate of drug-likeness (QED) is 0.802. The zero-order chi connectivity index (χ0) is 12.3. The first-order chi connectivity index (χ1) is 8.18. The standard InChI is InChI=1S/C13H24N2O2/c1-10(2)17-13(16)15-9-3-4-12(15)11-5-7-14-8-6-11/h10-12,14H,3-9H2,1-2H3. The number of nitrogens with one attached hydrogen (secondary N) is 1. The van der Waals surface area contributed by atoms with Gasteiger partial charge in [0.1, 0.15) is 0 Å². The van der Waals surface area contributed by atoms with E-state index < -0.39 is 0 Å². The van der Waals surface area contributed by atoms with Gasteiger partial charge >= 0.3 is 6.09 Å². The van der Waals surface area contributed by atoms with Crippen LogP contribution in [0.1, 0.15) is 39.5 Å². The summed E-state index contributed by atoms with van der Waals surface area (Å²) in [5, 5.41) is 3.38. The van der Waals surface area contributed by atoms with Gasteiger partial charge < -0.3 is 15.0 Å². The molecule has 0 saturated carbocycles. The number of amides is 1. The van der Waals surface area contributed by atoms with Crippen LogP contribution < -0.4 is 5.32 Å². The van der Waals surface area contributed by atoms with Crippen LogP contribution in [0.2, 0.25) is 0 Å². The summed E-state index contributed by atoms with van der Waals surface area (Å²) in [4.78, 5) is 14.0. The lowest BCUT2D eigenvalue weighted by molar-refractivity contribution is 0.0615. The van der Waals surface area contributed by atoms with Crippen LogP contribution in [0.4, 0.5) is 4.79 Å². The molecule has 17 heavy (non-hydrogen) atoms. The molecule has 0 aromatic rings. The number of hydrogen-bond donors (Lipinski definition) is 1. The molecular formula is C13H24N2O2. The molecule has 0 radical (unpaired) electrons. The molecule has 4 heteroatoms. The van der Waals surface area contributed by atoms with E-state index in [1.165, 1.54) is 12.8 Å². The molecule has 1 N–H and O–H groups in total. The smallest absolute Gasteiger partial charge is 0.410 e. The molecule has 0 aliphatic carbocycles. The highest BCUT2D eigenvalue weighted by Gasteiger charge is 2.36. The van der Waals surface area contributed by atoms with Crippen LogP contribution in [0, 0.1) is 5.92 Å². The SMILES string of the molecule is CC(C)OC(=O)N1CCCC1C1CCNCC1. The molecule has 2 heterocycles. The van der Waals surface area contributed by atoms with E-state index in [9.17, 15) is 4.79 Å². The van der Waals surface area contributed by atoms with E-state index in [0.29, 0.717) is 12.0 Å². The summed E-state index contributed by atoms with van der Waals surface area (Å²) in [5.41, 5.74) is 0. The number of likely N-dealkylation sites (tertiary alicyclic amines) is 1. The Bertz CT molecular complexity index is 262. The number of carbonyl (C=O) groups excluding carboxylic acids is 1. The van der Waals surface area contributed by atoms with Gasteiger partial charge in [0.25, 0.3) is 0 Å². The van der Waals surface area contributed by atoms with Crippen molar-refractivity contribution in [3.8, 4) is 0 Å². The maximum atomic E-state index is 12.0. The lowest BCUT2D eigenvalue weighted by Gasteiger charge is -2.34. The minimum Gasteiger partial charge on any atom is -0.447 e. The zero-order valence-electron chi connectivity index (χ0n) is 10.9. The predicted molar refractivity (Wildman–Crippen MR) is 66.9 cm³/mol. The fourth-order valence-electron chi connectivity index (χ4n) is 3.01. The number of carbonyl (C=O) groups is 1. The lowest BCUT2D eigenvalue weighted by Crippen LogP contribution is -2.44. The van der Waals surface area contributed by atoms with E-state index in [0.717, 1.165) is 32.5 Å². The zero-order valence-corrected chi connectivity index (χ0v) is 10.9. The molecule has 2 saturated heterocycles. The molecule has 2 aliphatic heterocycles. The Kier molecular flexibility index (Phi) is 4.26. The Labute approximate surface area is 104 Å². The number of nitrogens with zero attached hydrogens (tertiary/aromatic N) is 1. The second kappa shape index (κ2) is 5.71. The minimum atomic E-state index is -0.110. The van der Waals surface area contributed by atoms with Crippen LogP contribution in [-0.2, 0) is 4.74 Å². The van der Waals surface area contributed by atoms with Gasteiger partial charge in [0, 0.05) is 12.6 Å². The first-order valence-electron chi connectivity index (χ1n) is 6.86. The maximum absolute atomic E-state index is 12.0. The number of ether oxygens (including phenoxy) is 1. The topological polar surface area (TPSA) is 41.6 Å². The highest BCUT2D eigenvalue weighted by atomic mass is 16.6. The molecule has 0 bridgehead atoms. The lowest BCUT2D eigenvalue weighted by atomic mass is 9.89. The summed E-state index contributed by atoms with van der Waals surface area (Å²) in [7, 11) is 0. The fraction of sp³-hybridized carbons (Fsp3) is 0.923. The third-order valence-corrected chi connectivity index (χ3v) is 3.80. The van der Waals surface area contributed by atoms with Crippen molar-refractivity contribution in [1.82, 2.24) is 10.2 Å². The molecular weight excluding hydrogens is 216 g/mol. The summed E-state index contributed by atoms with van der Waals surface area (Å²) < 4.78 is 5.33. The average Bonchev–Trinajstić information content (AvgIpc) is 2.78. The first-order valence-corrected chi connectivity index (χ1v) is 6.86. The van der Waals surface area contributed by atoms with Crippen molar-refractivity contribution in [3.63, 3.8) is 0 Å². The van der Waals surface area contributed by atoms with Crippen molar-refractivity contribution in [2.24, 2.45) is 5.92 Å². The Morgan fingerprint density at radius 1 is 1.29 bits per heavy atom. The van der Waals surface area contributed by atoms with Crippen LogP contribution in [0.15, 0.2) is 0 Å². The van der Waals surface area contributed by atoms with E-state index in [4.69, 9.17) is 4.74 Å². The maximum Gasteiger partial charge on any atom is 0.410 e. The molecule has 98 valence electrons. The Morgan fingerprint density at radius 3 is 2.65 bits per heavy atom. The summed E-state index contributed by atoms with van der Waals surface area (Å²) in [6.45, 7) is 6.88. The van der Waals surface area contributed by atoms with Crippen LogP contribution in [0.25, 0.3) is 0 Å². The van der Waals surface area contributed by atoms with Crippen LogP contribution in [0.5, 0.6) is 0 Å². The minimum absolute atomic E-state index is 0.0169. The van der Waals surface area contributed by atoms with Gasteiger partial charge in [0.2, 0.25) is 0 Å². The second-order valence-electron chi connectivity index (χ2n) is 5.42. The van der Waals surface area contributed by atoms with E-state index in [1.807, 2.05) is 18.7 Å². The molecule has 2 fully saturated rings. The van der Waals surface area contributed by atoms with Gasteiger partial charge in [0.05, 0.1) is 6.10 Å². The molecule has 4 nitrogen and oxygen atoms in total. The Balaban J connectivity index is 1.93. The molecule has 0 aromatic heterocycles. The fourth-order valence-corrected chi connectivity index (χ4v) is 3.01. The van der Waals surface area contributed by atoms with E-state index in [-0.39, 0.29) is 12.2 Å². The summed E-state index contributed by atoms with van der Waals surface area (Å²) in [6, 6.07) is 0.420. The summed E-state index contributed by atoms with van der Waals surface area (Å²) in [5.74, 6) is 0.665. The number of hydrogen-bond acceptors (Lipinski definition) is 3. The molecule has 1 unspecified atom stereocenters. The van der Waals surface area contributed by atoms with Gasteiger partial charge in [-0.25, -0.2) is 4.79 Å². The molecule has 1 amide bonds. The third kappa shape index (κ3) is 3.12. The predicted octanol–water partition coefficient (Wildman–Crippen LogP) is 2.00. The average molecular weight is 240 g/mol. The molecule has 2 aliphatic rings. The van der Waals surface area contributed by atoms with Crippen molar-refractivity contribution >= 4 is 6.09 Å². The van der Waals surface area contributed by atoms with Crippen molar-refractivity contribution in [1.29, 1.82) is 0 Å². The first kappa shape index (κ1) is 12.7. The van der Waals surface area contributed by atoms with Crippen LogP contribution in [0.3, 0.4) is 0 Å². The van der Waals surface area contributed by atoms with Crippen molar-refractivity contribution in [2.45, 2.75) is 51.7 Å². The van der Waals surface area contributed by atoms with Gasteiger partial charge in [-0.15, -0.1) is 0 Å². The normalized spacial score (nSPS) is 26.5. The highest BCUT2D eigenvalue weighted by Crippen LogP contribution is 2.30. The van der Waals surface area contributed by atoms with E-state index in [2.05, 4.69) is 5.32 Å². The van der Waals surface area contributed by atoms with Crippen molar-refractivity contribution < 1.29 is 9.53 Å². The molecule has 0 spiro atoms. The van der Waals surface area contributed by atoms with E-state index in [1.54, 1.807) is 0 Å². The number of rotatable bonds is 2. The summed E-state index contributed by atoms with van der Waals surface area (Å²) in [6.07, 6.45) is 4.53. The highest BCUT2D eigenvalue weighted by molar-refractivity contribution is 5.68. The Morgan fingerprint density at radius 2 is 2.00 bits per heavy atom. The van der Waals surface area contributed by atoms with Gasteiger partial charge in [-0.1, -0.05) is 0 Å². The molecule has 1 atom stereocenters. The van der Waals surface area contributed by atoms with Gasteiger partial charge in [0.15, 0.2) is 0 Å². The number of piperidine rings is 1. The van der Waals surface area contributed by atoms with Gasteiger partial charge in [-0.3, -0.25) is 0 Å². The monoisotopic (exact) mass is 240 g/mol. The van der Waals surface area contributed by atoms with Gasteiger partial charge in [-0.05, 0) is 58.5 Å². The molecule has 2 rings (SSSR count). The second-order valence-corrected chi connectivity index (χ2v) is 5.42.